The van der Waals surface area contributed by atoms with Crippen molar-refractivity contribution < 1.29 is 24.2 Å². The Balaban J connectivity index is 1.68. The molecule has 35 heavy (non-hydrogen) atoms. The number of nitrogens with one attached hydrogen (secondary N) is 2. The molecule has 0 saturated carbocycles. The maximum atomic E-state index is 13.0. The van der Waals surface area contributed by atoms with Crippen molar-refractivity contribution in [3.05, 3.63) is 59.7 Å². The summed E-state index contributed by atoms with van der Waals surface area (Å²) in [5.74, 6) is -1.54. The molecule has 3 N–H and O–H groups in total. The Bertz CT molecular complexity index is 1030. The molecule has 2 aromatic rings. The summed E-state index contributed by atoms with van der Waals surface area (Å²) in [4.78, 5) is 38.9. The number of carbonyl (C=O) groups is 3. The zero-order valence-electron chi connectivity index (χ0n) is 21.0. The number of nitrogens with zero attached hydrogens (tertiary/aromatic N) is 1. The minimum absolute atomic E-state index is 0.0879. The quantitative estimate of drug-likeness (QED) is 0.506. The average Bonchev–Trinajstić information content (AvgIpc) is 3.09. The van der Waals surface area contributed by atoms with Gasteiger partial charge in [-0.25, -0.2) is 4.79 Å². The molecule has 0 saturated heterocycles. The van der Waals surface area contributed by atoms with E-state index in [1.807, 2.05) is 57.2 Å². The summed E-state index contributed by atoms with van der Waals surface area (Å²) in [6, 6.07) is 14.6. The Hall–Kier alpha value is -3.39. The van der Waals surface area contributed by atoms with E-state index in [-0.39, 0.29) is 25.5 Å². The third-order valence-electron chi connectivity index (χ3n) is 6.24. The zero-order chi connectivity index (χ0) is 25.8. The highest BCUT2D eigenvalue weighted by Crippen LogP contribution is 2.44. The van der Waals surface area contributed by atoms with Gasteiger partial charge < -0.3 is 25.4 Å². The lowest BCUT2D eigenvalue weighted by Gasteiger charge is -2.32. The molecule has 1 unspecified atom stereocenters. The molecule has 2 aromatic carbocycles. The van der Waals surface area contributed by atoms with Crippen molar-refractivity contribution >= 4 is 18.0 Å². The van der Waals surface area contributed by atoms with Crippen LogP contribution in [0.15, 0.2) is 48.5 Å². The normalized spacial score (nSPS) is 14.6. The van der Waals surface area contributed by atoms with E-state index in [1.165, 1.54) is 0 Å². The van der Waals surface area contributed by atoms with Crippen LogP contribution in [0.4, 0.5) is 4.79 Å². The summed E-state index contributed by atoms with van der Waals surface area (Å²) in [7, 11) is 3.58. The van der Waals surface area contributed by atoms with E-state index in [9.17, 15) is 19.5 Å². The van der Waals surface area contributed by atoms with Crippen LogP contribution in [0.25, 0.3) is 11.1 Å². The molecule has 2 amide bonds. The summed E-state index contributed by atoms with van der Waals surface area (Å²) < 4.78 is 5.60. The van der Waals surface area contributed by atoms with Crippen LogP contribution in [-0.4, -0.2) is 67.3 Å². The fraction of sp³-hybridized carbons (Fsp3) is 0.444. The van der Waals surface area contributed by atoms with E-state index in [0.717, 1.165) is 22.3 Å². The van der Waals surface area contributed by atoms with E-state index in [0.29, 0.717) is 0 Å². The van der Waals surface area contributed by atoms with Gasteiger partial charge in [0.1, 0.15) is 12.6 Å². The van der Waals surface area contributed by atoms with Crippen LogP contribution in [0.3, 0.4) is 0 Å². The lowest BCUT2D eigenvalue weighted by atomic mass is 9.84. The molecule has 0 heterocycles. The predicted octanol–water partition coefficient (Wildman–Crippen LogP) is 3.46. The average molecular weight is 482 g/mol. The van der Waals surface area contributed by atoms with Gasteiger partial charge in [-0.1, -0.05) is 69.3 Å². The summed E-state index contributed by atoms with van der Waals surface area (Å²) in [6.45, 7) is 5.96. The first-order valence-electron chi connectivity index (χ1n) is 11.8. The van der Waals surface area contributed by atoms with E-state index in [2.05, 4.69) is 22.8 Å². The topological polar surface area (TPSA) is 108 Å². The van der Waals surface area contributed by atoms with Crippen LogP contribution in [0, 0.1) is 5.41 Å². The SMILES string of the molecule is CN(C)C[C@H](NC(=O)OCC1c2ccccc2-c2ccccc21)C(=O)NC(CC(=O)O)C(C)(C)C. The Morgan fingerprint density at radius 3 is 2.00 bits per heavy atom. The molecule has 0 aliphatic heterocycles. The monoisotopic (exact) mass is 481 g/mol. The van der Waals surface area contributed by atoms with Crippen molar-refractivity contribution in [1.29, 1.82) is 0 Å². The lowest BCUT2D eigenvalue weighted by molar-refractivity contribution is -0.138. The fourth-order valence-electron chi connectivity index (χ4n) is 4.36. The van der Waals surface area contributed by atoms with Crippen LogP contribution in [0.1, 0.15) is 44.2 Å². The molecule has 8 heteroatoms. The number of alkyl carbamates (subject to hydrolysis) is 1. The first kappa shape index (κ1) is 26.2. The number of rotatable bonds is 9. The summed E-state index contributed by atoms with van der Waals surface area (Å²) in [5, 5.41) is 14.7. The highest BCUT2D eigenvalue weighted by Gasteiger charge is 2.33. The highest BCUT2D eigenvalue weighted by atomic mass is 16.5. The smallest absolute Gasteiger partial charge is 0.407 e. The molecule has 0 fully saturated rings. The summed E-state index contributed by atoms with van der Waals surface area (Å²) in [5.41, 5.74) is 4.00. The lowest BCUT2D eigenvalue weighted by Crippen LogP contribution is -2.56. The molecule has 2 atom stereocenters. The fourth-order valence-corrected chi connectivity index (χ4v) is 4.36. The molecule has 0 aromatic heterocycles. The van der Waals surface area contributed by atoms with Gasteiger partial charge >= 0.3 is 12.1 Å². The number of likely N-dealkylation sites (N-methyl/N-ethyl adjacent to an activating group) is 1. The van der Waals surface area contributed by atoms with Crippen molar-refractivity contribution in [3.8, 4) is 11.1 Å². The summed E-state index contributed by atoms with van der Waals surface area (Å²) >= 11 is 0. The number of fused-ring (bicyclic) bond motifs is 3. The number of carboxylic acid groups (broad SMARTS) is 1. The molecular formula is C27H35N3O5. The Morgan fingerprint density at radius 2 is 1.51 bits per heavy atom. The number of aliphatic carboxylic acids is 1. The van der Waals surface area contributed by atoms with Crippen LogP contribution < -0.4 is 10.6 Å². The number of carboxylic acids is 1. The standard InChI is InChI=1S/C27H35N3O5/c1-27(2,3)23(14-24(31)32)29-25(33)22(15-30(4)5)28-26(34)35-16-21-19-12-8-6-10-17(19)18-11-7-9-13-20(18)21/h6-13,21-23H,14-16H2,1-5H3,(H,28,34)(H,29,33)(H,31,32)/t22-,23?/m0/s1. The van der Waals surface area contributed by atoms with Gasteiger partial charge in [-0.3, -0.25) is 9.59 Å². The molecule has 0 spiro atoms. The summed E-state index contributed by atoms with van der Waals surface area (Å²) in [6.07, 6.45) is -0.908. The molecule has 1 aliphatic carbocycles. The molecule has 8 nitrogen and oxygen atoms in total. The van der Waals surface area contributed by atoms with Crippen molar-refractivity contribution in [3.63, 3.8) is 0 Å². The Kier molecular flexibility index (Phi) is 8.17. The van der Waals surface area contributed by atoms with Crippen LogP contribution >= 0.6 is 0 Å². The second-order valence-electron chi connectivity index (χ2n) is 10.3. The van der Waals surface area contributed by atoms with E-state index >= 15 is 0 Å². The number of hydrogen-bond donors (Lipinski definition) is 3. The van der Waals surface area contributed by atoms with E-state index in [4.69, 9.17) is 4.74 Å². The van der Waals surface area contributed by atoms with Gasteiger partial charge in [0.25, 0.3) is 0 Å². The number of ether oxygens (including phenoxy) is 1. The highest BCUT2D eigenvalue weighted by molar-refractivity contribution is 5.86. The Morgan fingerprint density at radius 1 is 0.971 bits per heavy atom. The second-order valence-corrected chi connectivity index (χ2v) is 10.3. The zero-order valence-corrected chi connectivity index (χ0v) is 21.0. The van der Waals surface area contributed by atoms with Crippen molar-refractivity contribution in [2.75, 3.05) is 27.2 Å². The van der Waals surface area contributed by atoms with Crippen molar-refractivity contribution in [2.45, 2.75) is 45.2 Å². The minimum atomic E-state index is -1.00. The molecule has 188 valence electrons. The van der Waals surface area contributed by atoms with Crippen molar-refractivity contribution in [1.82, 2.24) is 15.5 Å². The van der Waals surface area contributed by atoms with Crippen molar-refractivity contribution in [2.24, 2.45) is 5.41 Å². The van der Waals surface area contributed by atoms with Gasteiger partial charge in [0, 0.05) is 18.5 Å². The van der Waals surface area contributed by atoms with Gasteiger partial charge in [0.2, 0.25) is 5.91 Å². The van der Waals surface area contributed by atoms with Gasteiger partial charge in [0.05, 0.1) is 6.42 Å². The maximum absolute atomic E-state index is 13.0. The first-order chi connectivity index (χ1) is 16.5. The number of carbonyl (C=O) groups excluding carboxylic acids is 2. The van der Waals surface area contributed by atoms with E-state index in [1.54, 1.807) is 19.0 Å². The number of hydrogen-bond acceptors (Lipinski definition) is 5. The number of benzene rings is 2. The molecule has 1 aliphatic rings. The minimum Gasteiger partial charge on any atom is -0.481 e. The van der Waals surface area contributed by atoms with Gasteiger partial charge in [-0.05, 0) is 41.8 Å². The van der Waals surface area contributed by atoms with Gasteiger partial charge in [0.15, 0.2) is 0 Å². The Labute approximate surface area is 206 Å². The third kappa shape index (κ3) is 6.60. The molecule has 0 bridgehead atoms. The molecule has 3 rings (SSSR count). The number of amides is 2. The maximum Gasteiger partial charge on any atom is 0.407 e. The largest absolute Gasteiger partial charge is 0.481 e. The predicted molar refractivity (Wildman–Crippen MR) is 134 cm³/mol. The second kappa shape index (κ2) is 10.9. The van der Waals surface area contributed by atoms with Gasteiger partial charge in [-0.2, -0.15) is 0 Å². The van der Waals surface area contributed by atoms with Crippen LogP contribution in [0.5, 0.6) is 0 Å². The van der Waals surface area contributed by atoms with Crippen LogP contribution in [0.2, 0.25) is 0 Å². The van der Waals surface area contributed by atoms with Crippen LogP contribution in [-0.2, 0) is 14.3 Å². The van der Waals surface area contributed by atoms with E-state index < -0.39 is 35.5 Å². The third-order valence-corrected chi connectivity index (χ3v) is 6.24. The molecular weight excluding hydrogens is 446 g/mol. The van der Waals surface area contributed by atoms with Gasteiger partial charge in [-0.15, -0.1) is 0 Å². The molecule has 0 radical (unpaired) electrons. The first-order valence-corrected chi connectivity index (χ1v) is 11.8.